The van der Waals surface area contributed by atoms with E-state index < -0.39 is 0 Å². The highest BCUT2D eigenvalue weighted by Gasteiger charge is 2.29. The normalized spacial score (nSPS) is 35.6. The van der Waals surface area contributed by atoms with Gasteiger partial charge in [-0.1, -0.05) is 26.2 Å². The van der Waals surface area contributed by atoms with Crippen LogP contribution < -0.4 is 5.32 Å². The van der Waals surface area contributed by atoms with E-state index in [1.54, 1.807) is 0 Å². The molecule has 0 saturated heterocycles. The zero-order valence-electron chi connectivity index (χ0n) is 9.76. The zero-order chi connectivity index (χ0) is 9.97. The molecule has 0 aromatic heterocycles. The third-order valence-electron chi connectivity index (χ3n) is 4.32. The smallest absolute Gasteiger partial charge is 0.00671 e. The molecular weight excluding hydrogens is 170 g/mol. The number of hydrogen-bond acceptors (Lipinski definition) is 1. The summed E-state index contributed by atoms with van der Waals surface area (Å²) >= 11 is 0. The highest BCUT2D eigenvalue weighted by atomic mass is 14.9. The quantitative estimate of drug-likeness (QED) is 0.726. The Bertz CT molecular complexity index is 174. The summed E-state index contributed by atoms with van der Waals surface area (Å²) in [4.78, 5) is 0. The maximum Gasteiger partial charge on any atom is 0.00671 e. The van der Waals surface area contributed by atoms with Gasteiger partial charge in [-0.2, -0.15) is 0 Å². The first-order valence-electron chi connectivity index (χ1n) is 6.50. The van der Waals surface area contributed by atoms with Crippen LogP contribution in [0.3, 0.4) is 0 Å². The summed E-state index contributed by atoms with van der Waals surface area (Å²) in [5, 5.41) is 3.74. The lowest BCUT2D eigenvalue weighted by Gasteiger charge is -2.30. The van der Waals surface area contributed by atoms with Crippen molar-refractivity contribution in [3.05, 3.63) is 0 Å². The van der Waals surface area contributed by atoms with Crippen LogP contribution in [0, 0.1) is 17.8 Å². The van der Waals surface area contributed by atoms with Gasteiger partial charge in [0.05, 0.1) is 0 Å². The summed E-state index contributed by atoms with van der Waals surface area (Å²) < 4.78 is 0. The molecule has 2 fully saturated rings. The van der Waals surface area contributed by atoms with Gasteiger partial charge in [-0.25, -0.2) is 0 Å². The van der Waals surface area contributed by atoms with E-state index in [9.17, 15) is 0 Å². The first-order chi connectivity index (χ1) is 6.77. The molecule has 2 aliphatic carbocycles. The number of nitrogens with one attached hydrogen (secondary N) is 1. The summed E-state index contributed by atoms with van der Waals surface area (Å²) in [5.41, 5.74) is 0. The van der Waals surface area contributed by atoms with Crippen molar-refractivity contribution in [3.8, 4) is 0 Å². The van der Waals surface area contributed by atoms with E-state index in [1.165, 1.54) is 45.1 Å². The molecule has 1 nitrogen and oxygen atoms in total. The van der Waals surface area contributed by atoms with E-state index in [1.807, 2.05) is 0 Å². The Balaban J connectivity index is 1.67. The first-order valence-corrected chi connectivity index (χ1v) is 6.50. The van der Waals surface area contributed by atoms with Crippen LogP contribution in [0.2, 0.25) is 0 Å². The van der Waals surface area contributed by atoms with Gasteiger partial charge in [-0.15, -0.1) is 0 Å². The monoisotopic (exact) mass is 195 g/mol. The van der Waals surface area contributed by atoms with Crippen molar-refractivity contribution in [1.29, 1.82) is 0 Å². The Morgan fingerprint density at radius 3 is 2.50 bits per heavy atom. The fourth-order valence-electron chi connectivity index (χ4n) is 2.80. The van der Waals surface area contributed by atoms with Crippen LogP contribution in [-0.2, 0) is 0 Å². The van der Waals surface area contributed by atoms with Gasteiger partial charge < -0.3 is 5.32 Å². The van der Waals surface area contributed by atoms with Gasteiger partial charge in [-0.3, -0.25) is 0 Å². The maximum absolute atomic E-state index is 3.74. The Kier molecular flexibility index (Phi) is 3.48. The van der Waals surface area contributed by atoms with E-state index >= 15 is 0 Å². The molecule has 3 atom stereocenters. The molecule has 0 bridgehead atoms. The van der Waals surface area contributed by atoms with E-state index in [4.69, 9.17) is 0 Å². The molecule has 0 spiro atoms. The standard InChI is InChI=1S/C13H25N/c1-10-5-3-4-6-13(10)9-14-11(2)12-7-8-12/h10-14H,3-9H2,1-2H3. The molecule has 1 N–H and O–H groups in total. The highest BCUT2D eigenvalue weighted by molar-refractivity contribution is 4.84. The summed E-state index contributed by atoms with van der Waals surface area (Å²) in [7, 11) is 0. The molecular formula is C13H25N. The van der Waals surface area contributed by atoms with Crippen LogP contribution in [-0.4, -0.2) is 12.6 Å². The lowest BCUT2D eigenvalue weighted by molar-refractivity contribution is 0.239. The third-order valence-corrected chi connectivity index (χ3v) is 4.32. The lowest BCUT2D eigenvalue weighted by Crippen LogP contribution is -2.35. The van der Waals surface area contributed by atoms with Crippen molar-refractivity contribution < 1.29 is 0 Å². The van der Waals surface area contributed by atoms with Crippen molar-refractivity contribution in [2.45, 2.75) is 58.4 Å². The first kappa shape index (κ1) is 10.5. The minimum Gasteiger partial charge on any atom is -0.314 e. The fourth-order valence-corrected chi connectivity index (χ4v) is 2.80. The van der Waals surface area contributed by atoms with Crippen molar-refractivity contribution in [3.63, 3.8) is 0 Å². The second kappa shape index (κ2) is 4.65. The van der Waals surface area contributed by atoms with E-state index in [0.29, 0.717) is 0 Å². The van der Waals surface area contributed by atoms with Gasteiger partial charge >= 0.3 is 0 Å². The van der Waals surface area contributed by atoms with E-state index in [2.05, 4.69) is 19.2 Å². The molecule has 0 aromatic carbocycles. The molecule has 2 rings (SSSR count). The second-order valence-electron chi connectivity index (χ2n) is 5.56. The summed E-state index contributed by atoms with van der Waals surface area (Å²) in [5.74, 6) is 2.93. The summed E-state index contributed by atoms with van der Waals surface area (Å²) in [6.07, 6.45) is 8.79. The SMILES string of the molecule is CC1CCCCC1CNC(C)C1CC1. The molecule has 1 heteroatoms. The molecule has 0 amide bonds. The molecule has 0 radical (unpaired) electrons. The van der Waals surface area contributed by atoms with E-state index in [-0.39, 0.29) is 0 Å². The molecule has 0 heterocycles. The highest BCUT2D eigenvalue weighted by Crippen LogP contribution is 2.33. The lowest BCUT2D eigenvalue weighted by atomic mass is 9.80. The number of rotatable bonds is 4. The van der Waals surface area contributed by atoms with Crippen LogP contribution in [0.15, 0.2) is 0 Å². The average molecular weight is 195 g/mol. The summed E-state index contributed by atoms with van der Waals surface area (Å²) in [6, 6.07) is 0.782. The van der Waals surface area contributed by atoms with Crippen LogP contribution in [0.4, 0.5) is 0 Å². The van der Waals surface area contributed by atoms with Gasteiger partial charge in [0.1, 0.15) is 0 Å². The van der Waals surface area contributed by atoms with Gasteiger partial charge in [0, 0.05) is 6.04 Å². The molecule has 82 valence electrons. The third kappa shape index (κ3) is 2.73. The van der Waals surface area contributed by atoms with Gasteiger partial charge in [0.2, 0.25) is 0 Å². The zero-order valence-corrected chi connectivity index (χ0v) is 9.76. The fraction of sp³-hybridized carbons (Fsp3) is 1.00. The molecule has 2 aliphatic rings. The summed E-state index contributed by atoms with van der Waals surface area (Å²) in [6.45, 7) is 6.08. The minimum absolute atomic E-state index is 0.782. The van der Waals surface area contributed by atoms with Crippen LogP contribution in [0.1, 0.15) is 52.4 Å². The molecule has 0 aromatic rings. The van der Waals surface area contributed by atoms with Crippen LogP contribution in [0.25, 0.3) is 0 Å². The van der Waals surface area contributed by atoms with Crippen molar-refractivity contribution in [2.24, 2.45) is 17.8 Å². The Morgan fingerprint density at radius 1 is 1.14 bits per heavy atom. The largest absolute Gasteiger partial charge is 0.314 e. The second-order valence-corrected chi connectivity index (χ2v) is 5.56. The maximum atomic E-state index is 3.74. The van der Waals surface area contributed by atoms with Gasteiger partial charge in [-0.05, 0) is 50.5 Å². The van der Waals surface area contributed by atoms with Crippen molar-refractivity contribution in [1.82, 2.24) is 5.32 Å². The van der Waals surface area contributed by atoms with Crippen LogP contribution in [0.5, 0.6) is 0 Å². The molecule has 2 saturated carbocycles. The Labute approximate surface area is 88.7 Å². The molecule has 0 aliphatic heterocycles. The van der Waals surface area contributed by atoms with Crippen molar-refractivity contribution in [2.75, 3.05) is 6.54 Å². The van der Waals surface area contributed by atoms with E-state index in [0.717, 1.165) is 23.8 Å². The van der Waals surface area contributed by atoms with Gasteiger partial charge in [0.15, 0.2) is 0 Å². The topological polar surface area (TPSA) is 12.0 Å². The number of hydrogen-bond donors (Lipinski definition) is 1. The van der Waals surface area contributed by atoms with Crippen LogP contribution >= 0.6 is 0 Å². The van der Waals surface area contributed by atoms with Crippen molar-refractivity contribution >= 4 is 0 Å². The minimum atomic E-state index is 0.782. The molecule has 14 heavy (non-hydrogen) atoms. The predicted octanol–water partition coefficient (Wildman–Crippen LogP) is 3.20. The Hall–Kier alpha value is -0.0400. The molecule has 3 unspecified atom stereocenters. The predicted molar refractivity (Wildman–Crippen MR) is 61.3 cm³/mol. The average Bonchev–Trinajstić information content (AvgIpc) is 2.99. The van der Waals surface area contributed by atoms with Gasteiger partial charge in [0.25, 0.3) is 0 Å². The Morgan fingerprint density at radius 2 is 1.86 bits per heavy atom.